The van der Waals surface area contributed by atoms with Gasteiger partial charge in [0.15, 0.2) is 0 Å². The van der Waals surface area contributed by atoms with E-state index in [4.69, 9.17) is 11.6 Å². The molecule has 1 aromatic carbocycles. The van der Waals surface area contributed by atoms with Crippen LogP contribution in [0.1, 0.15) is 36.0 Å². The fourth-order valence-corrected chi connectivity index (χ4v) is 3.69. The van der Waals surface area contributed by atoms with Gasteiger partial charge in [-0.05, 0) is 56.3 Å². The van der Waals surface area contributed by atoms with Gasteiger partial charge in [0.05, 0.1) is 10.6 Å². The van der Waals surface area contributed by atoms with Gasteiger partial charge in [-0.2, -0.15) is 0 Å². The first kappa shape index (κ1) is 17.5. The normalized spacial score (nSPS) is 20.5. The van der Waals surface area contributed by atoms with E-state index in [-0.39, 0.29) is 28.9 Å². The highest BCUT2D eigenvalue weighted by Gasteiger charge is 2.37. The van der Waals surface area contributed by atoms with Crippen molar-refractivity contribution in [3.05, 3.63) is 34.6 Å². The van der Waals surface area contributed by atoms with Crippen LogP contribution in [0.15, 0.2) is 18.2 Å². The molecule has 0 aromatic heterocycles. The summed E-state index contributed by atoms with van der Waals surface area (Å²) in [7, 11) is 0. The molecule has 1 amide bonds. The molecule has 0 aliphatic carbocycles. The Bertz CT molecular complexity index is 537. The number of piperidine rings is 2. The molecule has 1 aromatic rings. The van der Waals surface area contributed by atoms with E-state index < -0.39 is 5.82 Å². The molecule has 2 saturated heterocycles. The minimum Gasteiger partial charge on any atom is -0.339 e. The molecule has 2 fully saturated rings. The molecule has 0 atom stereocenters. The number of carbonyl (C=O) groups excluding carboxylic acids is 1. The summed E-state index contributed by atoms with van der Waals surface area (Å²) in [6, 6.07) is 4.41. The predicted molar refractivity (Wildman–Crippen MR) is 88.3 cm³/mol. The number of hydrogen-bond donors (Lipinski definition) is 1. The molecule has 6 heteroatoms. The highest BCUT2D eigenvalue weighted by atomic mass is 35.5. The number of carbonyl (C=O) groups is 1. The molecule has 1 spiro atoms. The highest BCUT2D eigenvalue weighted by molar-refractivity contribution is 6.34. The van der Waals surface area contributed by atoms with Gasteiger partial charge in [0.2, 0.25) is 0 Å². The second kappa shape index (κ2) is 7.16. The number of amides is 1. The average Bonchev–Trinajstić information content (AvgIpc) is 2.51. The maximum absolute atomic E-state index is 13.5. The number of likely N-dealkylation sites (tertiary alicyclic amines) is 1. The zero-order valence-corrected chi connectivity index (χ0v) is 14.0. The van der Waals surface area contributed by atoms with Crippen LogP contribution in [0.2, 0.25) is 5.02 Å². The summed E-state index contributed by atoms with van der Waals surface area (Å²) in [5, 5.41) is 3.33. The fraction of sp³-hybridized carbons (Fsp3) is 0.562. The van der Waals surface area contributed by atoms with Gasteiger partial charge in [-0.1, -0.05) is 17.7 Å². The van der Waals surface area contributed by atoms with Crippen molar-refractivity contribution in [2.75, 3.05) is 26.2 Å². The van der Waals surface area contributed by atoms with Crippen LogP contribution in [0, 0.1) is 11.2 Å². The Morgan fingerprint density at radius 1 is 1.18 bits per heavy atom. The molecule has 122 valence electrons. The molecule has 1 N–H and O–H groups in total. The summed E-state index contributed by atoms with van der Waals surface area (Å²) in [6.07, 6.45) is 4.45. The van der Waals surface area contributed by atoms with Gasteiger partial charge in [-0.25, -0.2) is 4.39 Å². The van der Waals surface area contributed by atoms with Gasteiger partial charge in [-0.15, -0.1) is 12.4 Å². The summed E-state index contributed by atoms with van der Waals surface area (Å²) >= 11 is 5.92. The number of hydrogen-bond acceptors (Lipinski definition) is 2. The maximum Gasteiger partial charge on any atom is 0.255 e. The summed E-state index contributed by atoms with van der Waals surface area (Å²) in [4.78, 5) is 14.3. The molecular formula is C16H21Cl2FN2O. The second-order valence-corrected chi connectivity index (χ2v) is 6.52. The number of nitrogens with one attached hydrogen (secondary N) is 1. The Kier molecular flexibility index (Phi) is 5.70. The van der Waals surface area contributed by atoms with E-state index in [1.807, 2.05) is 4.90 Å². The minimum atomic E-state index is -0.533. The largest absolute Gasteiger partial charge is 0.339 e. The van der Waals surface area contributed by atoms with Crippen molar-refractivity contribution >= 4 is 29.9 Å². The smallest absolute Gasteiger partial charge is 0.255 e. The van der Waals surface area contributed by atoms with Crippen LogP contribution >= 0.6 is 24.0 Å². The maximum atomic E-state index is 13.5. The third-order valence-electron chi connectivity index (χ3n) is 4.96. The SMILES string of the molecule is Cl.O=C(c1cccc(F)c1Cl)N1CCC2(CCNCC2)CC1. The van der Waals surface area contributed by atoms with Crippen molar-refractivity contribution in [1.82, 2.24) is 10.2 Å². The van der Waals surface area contributed by atoms with E-state index in [0.717, 1.165) is 39.0 Å². The highest BCUT2D eigenvalue weighted by Crippen LogP contribution is 2.39. The average molecular weight is 347 g/mol. The Hall–Kier alpha value is -0.840. The molecule has 2 aliphatic rings. The molecule has 0 bridgehead atoms. The first-order valence-corrected chi connectivity index (χ1v) is 7.93. The third-order valence-corrected chi connectivity index (χ3v) is 5.34. The number of benzene rings is 1. The van der Waals surface area contributed by atoms with E-state index in [1.165, 1.54) is 25.0 Å². The first-order chi connectivity index (χ1) is 10.1. The Balaban J connectivity index is 0.00000176. The number of nitrogens with zero attached hydrogens (tertiary/aromatic N) is 1. The van der Waals surface area contributed by atoms with Crippen molar-refractivity contribution in [3.63, 3.8) is 0 Å². The van der Waals surface area contributed by atoms with Crippen LogP contribution < -0.4 is 5.32 Å². The van der Waals surface area contributed by atoms with Crippen molar-refractivity contribution in [2.24, 2.45) is 5.41 Å². The fourth-order valence-electron chi connectivity index (χ4n) is 3.48. The van der Waals surface area contributed by atoms with Crippen molar-refractivity contribution in [2.45, 2.75) is 25.7 Å². The molecule has 3 nitrogen and oxygen atoms in total. The predicted octanol–water partition coefficient (Wildman–Crippen LogP) is 3.51. The topological polar surface area (TPSA) is 32.3 Å². The number of halogens is 3. The van der Waals surface area contributed by atoms with Crippen LogP contribution in [0.3, 0.4) is 0 Å². The third kappa shape index (κ3) is 3.39. The molecule has 2 aliphatic heterocycles. The Labute approximate surface area is 141 Å². The van der Waals surface area contributed by atoms with E-state index >= 15 is 0 Å². The van der Waals surface area contributed by atoms with Crippen LogP contribution in [0.25, 0.3) is 0 Å². The van der Waals surface area contributed by atoms with Gasteiger partial charge in [-0.3, -0.25) is 4.79 Å². The van der Waals surface area contributed by atoms with Crippen LogP contribution in [-0.2, 0) is 0 Å². The summed E-state index contributed by atoms with van der Waals surface area (Å²) < 4.78 is 13.5. The summed E-state index contributed by atoms with van der Waals surface area (Å²) in [5.74, 6) is -0.683. The Morgan fingerprint density at radius 3 is 2.45 bits per heavy atom. The van der Waals surface area contributed by atoms with E-state index in [2.05, 4.69) is 5.32 Å². The molecule has 0 radical (unpaired) electrons. The monoisotopic (exact) mass is 346 g/mol. The second-order valence-electron chi connectivity index (χ2n) is 6.14. The van der Waals surface area contributed by atoms with Gasteiger partial charge >= 0.3 is 0 Å². The quantitative estimate of drug-likeness (QED) is 0.843. The zero-order valence-electron chi connectivity index (χ0n) is 12.4. The zero-order chi connectivity index (χ0) is 14.9. The molecule has 22 heavy (non-hydrogen) atoms. The minimum absolute atomic E-state index is 0. The molecule has 0 saturated carbocycles. The summed E-state index contributed by atoms with van der Waals surface area (Å²) in [6.45, 7) is 3.63. The first-order valence-electron chi connectivity index (χ1n) is 7.55. The van der Waals surface area contributed by atoms with Gasteiger partial charge in [0.25, 0.3) is 5.91 Å². The van der Waals surface area contributed by atoms with Gasteiger partial charge < -0.3 is 10.2 Å². The van der Waals surface area contributed by atoms with Gasteiger partial charge in [0, 0.05) is 13.1 Å². The van der Waals surface area contributed by atoms with E-state index in [0.29, 0.717) is 5.41 Å². The van der Waals surface area contributed by atoms with E-state index in [9.17, 15) is 9.18 Å². The van der Waals surface area contributed by atoms with Crippen LogP contribution in [0.4, 0.5) is 4.39 Å². The Morgan fingerprint density at radius 2 is 1.82 bits per heavy atom. The lowest BCUT2D eigenvalue weighted by molar-refractivity contribution is 0.0495. The van der Waals surface area contributed by atoms with Crippen molar-refractivity contribution in [1.29, 1.82) is 0 Å². The van der Waals surface area contributed by atoms with Crippen LogP contribution in [0.5, 0.6) is 0 Å². The molecule has 3 rings (SSSR count). The van der Waals surface area contributed by atoms with E-state index in [1.54, 1.807) is 6.07 Å². The standard InChI is InChI=1S/C16H20ClFN2O.ClH/c17-14-12(2-1-3-13(14)18)15(21)20-10-6-16(7-11-20)4-8-19-9-5-16;/h1-3,19H,4-11H2;1H. The molecule has 2 heterocycles. The molecule has 0 unspecified atom stereocenters. The lowest BCUT2D eigenvalue weighted by atomic mass is 9.71. The number of rotatable bonds is 1. The van der Waals surface area contributed by atoms with Crippen molar-refractivity contribution in [3.8, 4) is 0 Å². The lowest BCUT2D eigenvalue weighted by Crippen LogP contribution is -2.47. The summed E-state index contributed by atoms with van der Waals surface area (Å²) in [5.41, 5.74) is 0.672. The van der Waals surface area contributed by atoms with Gasteiger partial charge in [0.1, 0.15) is 5.82 Å². The molecular weight excluding hydrogens is 326 g/mol. The van der Waals surface area contributed by atoms with Crippen molar-refractivity contribution < 1.29 is 9.18 Å². The van der Waals surface area contributed by atoms with Crippen LogP contribution in [-0.4, -0.2) is 37.0 Å². The lowest BCUT2D eigenvalue weighted by Gasteiger charge is -2.44.